The van der Waals surface area contributed by atoms with Gasteiger partial charge in [0, 0.05) is 20.8 Å². The summed E-state index contributed by atoms with van der Waals surface area (Å²) >= 11 is 6.02. The number of sulfonamides is 1. The zero-order valence-electron chi connectivity index (χ0n) is 8.94. The maximum atomic E-state index is 12.0. The molecule has 2 aromatic heterocycles. The molecule has 0 radical (unpaired) electrons. The highest BCUT2D eigenvalue weighted by Gasteiger charge is 2.18. The highest BCUT2D eigenvalue weighted by Crippen LogP contribution is 2.27. The number of hydrogen-bond donors (Lipinski definition) is 1. The van der Waals surface area contributed by atoms with Gasteiger partial charge in [-0.2, -0.15) is 0 Å². The molecule has 2 aromatic rings. The van der Waals surface area contributed by atoms with Gasteiger partial charge in [-0.25, -0.2) is 13.1 Å². The van der Waals surface area contributed by atoms with Crippen LogP contribution in [0.1, 0.15) is 9.75 Å². The Labute approximate surface area is 117 Å². The summed E-state index contributed by atoms with van der Waals surface area (Å²) in [5, 5.41) is 1.74. The molecule has 0 amide bonds. The first-order chi connectivity index (χ1) is 7.99. The van der Waals surface area contributed by atoms with Gasteiger partial charge in [0.2, 0.25) is 0 Å². The van der Waals surface area contributed by atoms with Gasteiger partial charge in [0.1, 0.15) is 4.21 Å². The zero-order valence-corrected chi connectivity index (χ0v) is 13.0. The Bertz CT molecular complexity index is 615. The topological polar surface area (TPSA) is 46.2 Å². The summed E-state index contributed by atoms with van der Waals surface area (Å²) in [6, 6.07) is 5.65. The third kappa shape index (κ3) is 3.17. The van der Waals surface area contributed by atoms with Crippen LogP contribution in [0.5, 0.6) is 0 Å². The summed E-state index contributed by atoms with van der Waals surface area (Å²) in [5.41, 5.74) is 0. The van der Waals surface area contributed by atoms with Crippen molar-refractivity contribution in [1.29, 1.82) is 0 Å². The van der Waals surface area contributed by atoms with Gasteiger partial charge < -0.3 is 0 Å². The van der Waals surface area contributed by atoms with E-state index in [1.807, 2.05) is 19.1 Å². The third-order valence-corrected chi connectivity index (χ3v) is 7.13. The van der Waals surface area contributed by atoms with Crippen molar-refractivity contribution >= 4 is 48.6 Å². The molecule has 0 saturated heterocycles. The number of aryl methyl sites for hydroxylation is 1. The van der Waals surface area contributed by atoms with Crippen LogP contribution in [0.2, 0.25) is 0 Å². The van der Waals surface area contributed by atoms with Crippen molar-refractivity contribution in [3.05, 3.63) is 37.8 Å². The second-order valence-electron chi connectivity index (χ2n) is 3.39. The van der Waals surface area contributed by atoms with E-state index in [1.54, 1.807) is 22.8 Å². The molecule has 2 heterocycles. The van der Waals surface area contributed by atoms with Crippen molar-refractivity contribution in [3.8, 4) is 0 Å². The molecule has 7 heteroatoms. The number of halogens is 1. The summed E-state index contributed by atoms with van der Waals surface area (Å²) in [5.74, 6) is 0. The Morgan fingerprint density at radius 2 is 2.12 bits per heavy atom. The molecule has 0 saturated carbocycles. The van der Waals surface area contributed by atoms with E-state index in [-0.39, 0.29) is 0 Å². The highest BCUT2D eigenvalue weighted by atomic mass is 79.9. The fourth-order valence-electron chi connectivity index (χ4n) is 1.28. The highest BCUT2D eigenvalue weighted by molar-refractivity contribution is 9.10. The second kappa shape index (κ2) is 5.19. The van der Waals surface area contributed by atoms with Crippen molar-refractivity contribution in [3.63, 3.8) is 0 Å². The van der Waals surface area contributed by atoms with Gasteiger partial charge in [-0.05, 0) is 46.4 Å². The van der Waals surface area contributed by atoms with Gasteiger partial charge in [0.15, 0.2) is 0 Å². The van der Waals surface area contributed by atoms with Gasteiger partial charge >= 0.3 is 0 Å². The lowest BCUT2D eigenvalue weighted by molar-refractivity contribution is 0.583. The second-order valence-corrected chi connectivity index (χ2v) is 8.50. The molecule has 0 atom stereocenters. The lowest BCUT2D eigenvalue weighted by atomic mass is 10.4. The molecular formula is C10H10BrNO2S3. The van der Waals surface area contributed by atoms with Crippen LogP contribution >= 0.6 is 38.6 Å². The van der Waals surface area contributed by atoms with Crippen molar-refractivity contribution in [2.75, 3.05) is 0 Å². The van der Waals surface area contributed by atoms with E-state index >= 15 is 0 Å². The first-order valence-corrected chi connectivity index (χ1v) is 8.74. The number of thiophene rings is 2. The molecule has 0 aliphatic rings. The smallest absolute Gasteiger partial charge is 0.206 e. The number of hydrogen-bond acceptors (Lipinski definition) is 4. The Kier molecular flexibility index (Phi) is 4.04. The number of nitrogens with one attached hydrogen (secondary N) is 1. The van der Waals surface area contributed by atoms with E-state index in [0.717, 1.165) is 4.88 Å². The maximum absolute atomic E-state index is 12.0. The fourth-order valence-corrected chi connectivity index (χ4v) is 5.59. The van der Waals surface area contributed by atoms with Crippen molar-refractivity contribution in [2.24, 2.45) is 0 Å². The number of rotatable bonds is 4. The van der Waals surface area contributed by atoms with Crippen LogP contribution in [-0.4, -0.2) is 8.42 Å². The van der Waals surface area contributed by atoms with E-state index in [0.29, 0.717) is 15.2 Å². The minimum atomic E-state index is -3.41. The van der Waals surface area contributed by atoms with E-state index in [2.05, 4.69) is 20.7 Å². The van der Waals surface area contributed by atoms with Gasteiger partial charge in [0.05, 0.1) is 0 Å². The molecule has 0 aliphatic carbocycles. The predicted octanol–water partition coefficient (Wildman–Crippen LogP) is 3.36. The van der Waals surface area contributed by atoms with E-state index in [1.165, 1.54) is 16.2 Å². The van der Waals surface area contributed by atoms with Crippen molar-refractivity contribution < 1.29 is 8.42 Å². The van der Waals surface area contributed by atoms with Gasteiger partial charge in [0.25, 0.3) is 10.0 Å². The van der Waals surface area contributed by atoms with E-state index in [9.17, 15) is 8.42 Å². The first kappa shape index (κ1) is 13.2. The van der Waals surface area contributed by atoms with Crippen LogP contribution < -0.4 is 4.72 Å². The van der Waals surface area contributed by atoms with Gasteiger partial charge in [-0.15, -0.1) is 22.7 Å². The van der Waals surface area contributed by atoms with Crippen LogP contribution in [0.4, 0.5) is 0 Å². The Morgan fingerprint density at radius 3 is 2.65 bits per heavy atom. The lowest BCUT2D eigenvalue weighted by Gasteiger charge is -2.03. The molecule has 0 bridgehead atoms. The Hall–Kier alpha value is -0.210. The van der Waals surface area contributed by atoms with Crippen LogP contribution in [0.3, 0.4) is 0 Å². The standard InChI is InChI=1S/C10H10BrNO2S3/c1-7-2-3-8(16-7)6-12-17(13,14)10-9(11)4-5-15-10/h2-5,12H,6H2,1H3. The quantitative estimate of drug-likeness (QED) is 0.917. The molecule has 17 heavy (non-hydrogen) atoms. The van der Waals surface area contributed by atoms with Crippen LogP contribution in [0, 0.1) is 6.92 Å². The Morgan fingerprint density at radius 1 is 1.35 bits per heavy atom. The molecular weight excluding hydrogens is 342 g/mol. The summed E-state index contributed by atoms with van der Waals surface area (Å²) in [6.45, 7) is 2.34. The Balaban J connectivity index is 2.11. The largest absolute Gasteiger partial charge is 0.251 e. The maximum Gasteiger partial charge on any atom is 0.251 e. The predicted molar refractivity (Wildman–Crippen MR) is 75.1 cm³/mol. The van der Waals surface area contributed by atoms with E-state index in [4.69, 9.17) is 0 Å². The average Bonchev–Trinajstić information content (AvgIpc) is 2.85. The minimum Gasteiger partial charge on any atom is -0.206 e. The van der Waals surface area contributed by atoms with E-state index < -0.39 is 10.0 Å². The third-order valence-electron chi connectivity index (χ3n) is 2.06. The summed E-state index contributed by atoms with van der Waals surface area (Å²) < 4.78 is 27.5. The summed E-state index contributed by atoms with van der Waals surface area (Å²) in [6.07, 6.45) is 0. The van der Waals surface area contributed by atoms with Crippen LogP contribution in [-0.2, 0) is 16.6 Å². The molecule has 0 aromatic carbocycles. The normalized spacial score (nSPS) is 11.9. The van der Waals surface area contributed by atoms with Gasteiger partial charge in [-0.3, -0.25) is 0 Å². The van der Waals surface area contributed by atoms with Crippen molar-refractivity contribution in [2.45, 2.75) is 17.7 Å². The van der Waals surface area contributed by atoms with Crippen LogP contribution in [0.15, 0.2) is 32.3 Å². The molecule has 0 spiro atoms. The summed E-state index contributed by atoms with van der Waals surface area (Å²) in [7, 11) is -3.41. The fraction of sp³-hybridized carbons (Fsp3) is 0.200. The molecule has 0 unspecified atom stereocenters. The summed E-state index contributed by atoms with van der Waals surface area (Å²) in [4.78, 5) is 2.19. The molecule has 0 aliphatic heterocycles. The lowest BCUT2D eigenvalue weighted by Crippen LogP contribution is -2.22. The first-order valence-electron chi connectivity index (χ1n) is 4.77. The average molecular weight is 352 g/mol. The monoisotopic (exact) mass is 351 g/mol. The SMILES string of the molecule is Cc1ccc(CNS(=O)(=O)c2sccc2Br)s1. The molecule has 1 N–H and O–H groups in total. The molecule has 3 nitrogen and oxygen atoms in total. The van der Waals surface area contributed by atoms with Crippen molar-refractivity contribution in [1.82, 2.24) is 4.72 Å². The molecule has 0 fully saturated rings. The minimum absolute atomic E-state index is 0.325. The van der Waals surface area contributed by atoms with Crippen LogP contribution in [0.25, 0.3) is 0 Å². The van der Waals surface area contributed by atoms with Gasteiger partial charge in [-0.1, -0.05) is 0 Å². The molecule has 92 valence electrons. The molecule has 2 rings (SSSR count). The zero-order chi connectivity index (χ0) is 12.5.